The van der Waals surface area contributed by atoms with Crippen LogP contribution in [0.4, 0.5) is 0 Å². The Morgan fingerprint density at radius 3 is 2.69 bits per heavy atom. The summed E-state index contributed by atoms with van der Waals surface area (Å²) in [6.07, 6.45) is 0.616. The standard InChI is InChI=1S/C13H18O3/c1-3-10(14)9-16-13-8-6-5-7-11(13)12(15)4-2/h5-8,10,14H,3-4,9H2,1-2H3. The van der Waals surface area contributed by atoms with Crippen LogP contribution in [-0.2, 0) is 0 Å². The highest BCUT2D eigenvalue weighted by atomic mass is 16.5. The van der Waals surface area contributed by atoms with Crippen molar-refractivity contribution in [2.45, 2.75) is 32.8 Å². The summed E-state index contributed by atoms with van der Waals surface area (Å²) in [6, 6.07) is 7.14. The van der Waals surface area contributed by atoms with Crippen molar-refractivity contribution in [2.75, 3.05) is 6.61 Å². The predicted octanol–water partition coefficient (Wildman–Crippen LogP) is 2.43. The van der Waals surface area contributed by atoms with Crippen LogP contribution in [-0.4, -0.2) is 23.6 Å². The van der Waals surface area contributed by atoms with Crippen LogP contribution in [0.25, 0.3) is 0 Å². The lowest BCUT2D eigenvalue weighted by molar-refractivity contribution is 0.0949. The molecule has 1 aromatic rings. The SMILES string of the molecule is CCC(=O)c1ccccc1OCC(O)CC. The molecule has 3 nitrogen and oxygen atoms in total. The van der Waals surface area contributed by atoms with E-state index in [0.717, 1.165) is 0 Å². The van der Waals surface area contributed by atoms with Crippen molar-refractivity contribution in [1.29, 1.82) is 0 Å². The molecule has 1 atom stereocenters. The molecule has 1 aromatic carbocycles. The number of rotatable bonds is 6. The molecule has 0 aliphatic heterocycles. The van der Waals surface area contributed by atoms with Crippen molar-refractivity contribution in [3.8, 4) is 5.75 Å². The Morgan fingerprint density at radius 2 is 2.06 bits per heavy atom. The van der Waals surface area contributed by atoms with E-state index in [1.165, 1.54) is 0 Å². The van der Waals surface area contributed by atoms with E-state index in [9.17, 15) is 9.90 Å². The fourth-order valence-corrected chi connectivity index (χ4v) is 1.32. The molecule has 16 heavy (non-hydrogen) atoms. The van der Waals surface area contributed by atoms with E-state index < -0.39 is 6.10 Å². The van der Waals surface area contributed by atoms with Gasteiger partial charge in [-0.3, -0.25) is 4.79 Å². The molecule has 0 aliphatic carbocycles. The molecule has 0 aliphatic rings. The molecule has 0 heterocycles. The Balaban J connectivity index is 2.75. The van der Waals surface area contributed by atoms with Crippen LogP contribution in [0.2, 0.25) is 0 Å². The van der Waals surface area contributed by atoms with Crippen molar-refractivity contribution in [3.05, 3.63) is 29.8 Å². The number of benzene rings is 1. The van der Waals surface area contributed by atoms with Crippen molar-refractivity contribution in [1.82, 2.24) is 0 Å². The molecule has 88 valence electrons. The van der Waals surface area contributed by atoms with Gasteiger partial charge in [-0.15, -0.1) is 0 Å². The Bertz CT molecular complexity index is 347. The third-order valence-electron chi connectivity index (χ3n) is 2.41. The van der Waals surface area contributed by atoms with Crippen molar-refractivity contribution >= 4 is 5.78 Å². The van der Waals surface area contributed by atoms with Crippen LogP contribution >= 0.6 is 0 Å². The van der Waals surface area contributed by atoms with E-state index in [2.05, 4.69) is 0 Å². The molecule has 1 N–H and O–H groups in total. The van der Waals surface area contributed by atoms with E-state index in [4.69, 9.17) is 4.74 Å². The lowest BCUT2D eigenvalue weighted by Crippen LogP contribution is -2.17. The topological polar surface area (TPSA) is 46.5 Å². The Kier molecular flexibility index (Phi) is 4.99. The summed E-state index contributed by atoms with van der Waals surface area (Å²) < 4.78 is 5.44. The summed E-state index contributed by atoms with van der Waals surface area (Å²) in [4.78, 5) is 11.6. The largest absolute Gasteiger partial charge is 0.490 e. The molecule has 3 heteroatoms. The van der Waals surface area contributed by atoms with E-state index in [1.54, 1.807) is 12.1 Å². The van der Waals surface area contributed by atoms with Crippen LogP contribution in [0.1, 0.15) is 37.0 Å². The van der Waals surface area contributed by atoms with E-state index in [1.807, 2.05) is 26.0 Å². The van der Waals surface area contributed by atoms with Gasteiger partial charge in [0.15, 0.2) is 5.78 Å². The summed E-state index contributed by atoms with van der Waals surface area (Å²) in [5.74, 6) is 0.614. The highest BCUT2D eigenvalue weighted by Crippen LogP contribution is 2.19. The van der Waals surface area contributed by atoms with Crippen LogP contribution in [0.3, 0.4) is 0 Å². The molecule has 0 radical (unpaired) electrons. The second-order valence-corrected chi connectivity index (χ2v) is 3.65. The fourth-order valence-electron chi connectivity index (χ4n) is 1.32. The number of carbonyl (C=O) groups is 1. The number of aliphatic hydroxyl groups is 1. The predicted molar refractivity (Wildman–Crippen MR) is 62.9 cm³/mol. The summed E-state index contributed by atoms with van der Waals surface area (Å²) in [5.41, 5.74) is 0.591. The molecular weight excluding hydrogens is 204 g/mol. The number of Topliss-reactive ketones (excluding diaryl/α,β-unsaturated/α-hetero) is 1. The fraction of sp³-hybridized carbons (Fsp3) is 0.462. The van der Waals surface area contributed by atoms with Gasteiger partial charge >= 0.3 is 0 Å². The van der Waals surface area contributed by atoms with Gasteiger partial charge in [0.05, 0.1) is 11.7 Å². The normalized spacial score (nSPS) is 12.2. The summed E-state index contributed by atoms with van der Waals surface area (Å²) in [7, 11) is 0. The first-order valence-corrected chi connectivity index (χ1v) is 5.62. The highest BCUT2D eigenvalue weighted by molar-refractivity contribution is 5.98. The maximum Gasteiger partial charge on any atom is 0.166 e. The zero-order valence-electron chi connectivity index (χ0n) is 9.77. The van der Waals surface area contributed by atoms with Crippen molar-refractivity contribution < 1.29 is 14.6 Å². The maximum absolute atomic E-state index is 11.6. The molecule has 0 fully saturated rings. The summed E-state index contributed by atoms with van der Waals surface area (Å²) >= 11 is 0. The average molecular weight is 222 g/mol. The smallest absolute Gasteiger partial charge is 0.166 e. The molecule has 0 bridgehead atoms. The second-order valence-electron chi connectivity index (χ2n) is 3.65. The van der Waals surface area contributed by atoms with Crippen LogP contribution < -0.4 is 4.74 Å². The van der Waals surface area contributed by atoms with E-state index >= 15 is 0 Å². The number of para-hydroxylation sites is 1. The van der Waals surface area contributed by atoms with Crippen LogP contribution in [0, 0.1) is 0 Å². The maximum atomic E-state index is 11.6. The molecule has 1 unspecified atom stereocenters. The van der Waals surface area contributed by atoms with E-state index in [0.29, 0.717) is 24.2 Å². The molecule has 0 amide bonds. The zero-order chi connectivity index (χ0) is 12.0. The molecular formula is C13H18O3. The van der Waals surface area contributed by atoms with Crippen LogP contribution in [0.15, 0.2) is 24.3 Å². The van der Waals surface area contributed by atoms with Gasteiger partial charge < -0.3 is 9.84 Å². The highest BCUT2D eigenvalue weighted by Gasteiger charge is 2.11. The van der Waals surface area contributed by atoms with Gasteiger partial charge in [-0.05, 0) is 18.6 Å². The van der Waals surface area contributed by atoms with Crippen LogP contribution in [0.5, 0.6) is 5.75 Å². The number of hydrogen-bond acceptors (Lipinski definition) is 3. The second kappa shape index (κ2) is 6.28. The number of hydrogen-bond donors (Lipinski definition) is 1. The molecule has 0 saturated carbocycles. The lowest BCUT2D eigenvalue weighted by Gasteiger charge is -2.12. The first-order chi connectivity index (χ1) is 7.69. The molecule has 0 aromatic heterocycles. The Morgan fingerprint density at radius 1 is 1.38 bits per heavy atom. The van der Waals surface area contributed by atoms with Crippen molar-refractivity contribution in [3.63, 3.8) is 0 Å². The van der Waals surface area contributed by atoms with Gasteiger partial charge in [0, 0.05) is 6.42 Å². The molecule has 1 rings (SSSR count). The minimum Gasteiger partial charge on any atom is -0.490 e. The Hall–Kier alpha value is -1.35. The number of ketones is 1. The summed E-state index contributed by atoms with van der Waals surface area (Å²) in [5, 5.41) is 9.40. The summed E-state index contributed by atoms with van der Waals surface area (Å²) in [6.45, 7) is 3.93. The monoisotopic (exact) mass is 222 g/mol. The van der Waals surface area contributed by atoms with Gasteiger partial charge in [0.1, 0.15) is 12.4 Å². The minimum absolute atomic E-state index is 0.0570. The zero-order valence-corrected chi connectivity index (χ0v) is 9.77. The van der Waals surface area contributed by atoms with Gasteiger partial charge in [-0.2, -0.15) is 0 Å². The average Bonchev–Trinajstić information content (AvgIpc) is 2.35. The first kappa shape index (κ1) is 12.7. The van der Waals surface area contributed by atoms with Gasteiger partial charge in [0.25, 0.3) is 0 Å². The number of carbonyl (C=O) groups excluding carboxylic acids is 1. The van der Waals surface area contributed by atoms with E-state index in [-0.39, 0.29) is 12.4 Å². The minimum atomic E-state index is -0.482. The number of aliphatic hydroxyl groups excluding tert-OH is 1. The first-order valence-electron chi connectivity index (χ1n) is 5.62. The molecule has 0 spiro atoms. The van der Waals surface area contributed by atoms with Gasteiger partial charge in [-0.1, -0.05) is 26.0 Å². The quantitative estimate of drug-likeness (QED) is 0.752. The van der Waals surface area contributed by atoms with Gasteiger partial charge in [-0.25, -0.2) is 0 Å². The third kappa shape index (κ3) is 3.35. The van der Waals surface area contributed by atoms with Gasteiger partial charge in [0.2, 0.25) is 0 Å². The Labute approximate surface area is 96.1 Å². The third-order valence-corrected chi connectivity index (χ3v) is 2.41. The number of ether oxygens (including phenoxy) is 1. The molecule has 0 saturated heterocycles. The van der Waals surface area contributed by atoms with Crippen molar-refractivity contribution in [2.24, 2.45) is 0 Å². The lowest BCUT2D eigenvalue weighted by atomic mass is 10.1.